The first kappa shape index (κ1) is 26.6. The van der Waals surface area contributed by atoms with Gasteiger partial charge in [-0.1, -0.05) is 127 Å². The molecule has 1 aromatic rings. The van der Waals surface area contributed by atoms with Gasteiger partial charge in [-0.15, -0.1) is 0 Å². The maximum Gasteiger partial charge on any atom is 0.308 e. The normalized spacial score (nSPS) is 11.5. The Balaban J connectivity index is 1.97. The molecular weight excluding hydrogens is 370 g/mol. The number of carbonyl (C=O) groups is 2. The fourth-order valence-corrected chi connectivity index (χ4v) is 4.16. The molecule has 0 saturated heterocycles. The molecule has 3 nitrogen and oxygen atoms in total. The molecule has 0 aliphatic rings. The number of benzene rings is 1. The SMILES string of the molecule is CCCCCCCCCCCCCCCCCC[N+](C=O)(C=O)Cc1ccccc1. The van der Waals surface area contributed by atoms with Gasteiger partial charge >= 0.3 is 12.8 Å². The lowest BCUT2D eigenvalue weighted by Gasteiger charge is -2.24. The fourth-order valence-electron chi connectivity index (χ4n) is 4.16. The predicted molar refractivity (Wildman–Crippen MR) is 127 cm³/mol. The molecule has 170 valence electrons. The van der Waals surface area contributed by atoms with Gasteiger partial charge in [0.25, 0.3) is 0 Å². The maximum absolute atomic E-state index is 11.6. The quantitative estimate of drug-likeness (QED) is 0.118. The third kappa shape index (κ3) is 13.0. The minimum Gasteiger partial charge on any atom is -0.233 e. The first-order valence-corrected chi connectivity index (χ1v) is 12.6. The lowest BCUT2D eigenvalue weighted by atomic mass is 10.0. The van der Waals surface area contributed by atoms with Crippen molar-refractivity contribution < 1.29 is 14.1 Å². The summed E-state index contributed by atoms with van der Waals surface area (Å²) >= 11 is 0. The molecule has 0 unspecified atom stereocenters. The number of hydrogen-bond acceptors (Lipinski definition) is 2. The number of hydrogen-bond donors (Lipinski definition) is 0. The van der Waals surface area contributed by atoms with E-state index in [1.54, 1.807) is 0 Å². The fraction of sp³-hybridized carbons (Fsp3) is 0.704. The first-order chi connectivity index (χ1) is 14.8. The summed E-state index contributed by atoms with van der Waals surface area (Å²) in [6, 6.07) is 9.82. The monoisotopic (exact) mass is 416 g/mol. The van der Waals surface area contributed by atoms with Crippen LogP contribution in [0.1, 0.15) is 115 Å². The first-order valence-electron chi connectivity index (χ1n) is 12.6. The number of amides is 2. The Morgan fingerprint density at radius 3 is 1.40 bits per heavy atom. The van der Waals surface area contributed by atoms with Crippen molar-refractivity contribution in [1.82, 2.24) is 0 Å². The zero-order valence-corrected chi connectivity index (χ0v) is 19.5. The highest BCUT2D eigenvalue weighted by Crippen LogP contribution is 2.15. The highest BCUT2D eigenvalue weighted by Gasteiger charge is 2.26. The van der Waals surface area contributed by atoms with Gasteiger partial charge in [-0.2, -0.15) is 4.48 Å². The Hall–Kier alpha value is -1.48. The molecule has 3 heteroatoms. The highest BCUT2D eigenvalue weighted by molar-refractivity contribution is 5.55. The Labute approximate surface area is 185 Å². The van der Waals surface area contributed by atoms with E-state index in [-0.39, 0.29) is 4.48 Å². The van der Waals surface area contributed by atoms with Gasteiger partial charge in [0.15, 0.2) is 0 Å². The van der Waals surface area contributed by atoms with E-state index in [1.807, 2.05) is 30.3 Å². The highest BCUT2D eigenvalue weighted by atomic mass is 16.2. The van der Waals surface area contributed by atoms with Crippen molar-refractivity contribution in [2.24, 2.45) is 0 Å². The van der Waals surface area contributed by atoms with E-state index in [9.17, 15) is 9.59 Å². The molecule has 0 fully saturated rings. The van der Waals surface area contributed by atoms with E-state index in [2.05, 4.69) is 6.92 Å². The van der Waals surface area contributed by atoms with Crippen molar-refractivity contribution >= 4 is 12.8 Å². The smallest absolute Gasteiger partial charge is 0.233 e. The Kier molecular flexibility index (Phi) is 16.2. The number of quaternary nitrogens is 1. The van der Waals surface area contributed by atoms with Crippen LogP contribution >= 0.6 is 0 Å². The molecule has 1 rings (SSSR count). The van der Waals surface area contributed by atoms with Crippen LogP contribution in [0.25, 0.3) is 0 Å². The van der Waals surface area contributed by atoms with Crippen LogP contribution in [-0.2, 0) is 16.1 Å². The summed E-state index contributed by atoms with van der Waals surface area (Å²) in [7, 11) is 0. The van der Waals surface area contributed by atoms with E-state index in [0.717, 1.165) is 31.2 Å². The lowest BCUT2D eigenvalue weighted by molar-refractivity contribution is -0.774. The number of nitrogens with zero attached hydrogens (tertiary/aromatic N) is 1. The number of rotatable bonds is 21. The number of unbranched alkanes of at least 4 members (excludes halogenated alkanes) is 15. The van der Waals surface area contributed by atoms with Gasteiger partial charge in [-0.3, -0.25) is 0 Å². The molecule has 0 bridgehead atoms. The van der Waals surface area contributed by atoms with E-state index in [0.29, 0.717) is 13.1 Å². The Morgan fingerprint density at radius 2 is 1.00 bits per heavy atom. The molecule has 0 spiro atoms. The lowest BCUT2D eigenvalue weighted by Crippen LogP contribution is -2.45. The summed E-state index contributed by atoms with van der Waals surface area (Å²) in [5, 5.41) is 0. The Morgan fingerprint density at radius 1 is 0.600 bits per heavy atom. The van der Waals surface area contributed by atoms with Gasteiger partial charge < -0.3 is 0 Å². The van der Waals surface area contributed by atoms with Crippen molar-refractivity contribution in [2.45, 2.75) is 116 Å². The summed E-state index contributed by atoms with van der Waals surface area (Å²) in [5.74, 6) is 0. The summed E-state index contributed by atoms with van der Waals surface area (Å²) < 4.78 is -0.109. The molecule has 0 aliphatic heterocycles. The molecular formula is C27H46NO2+. The second kappa shape index (κ2) is 18.3. The third-order valence-corrected chi connectivity index (χ3v) is 6.17. The van der Waals surface area contributed by atoms with Crippen LogP contribution in [0, 0.1) is 0 Å². The molecule has 0 aromatic heterocycles. The van der Waals surface area contributed by atoms with Crippen molar-refractivity contribution in [2.75, 3.05) is 6.54 Å². The molecule has 0 aliphatic carbocycles. The van der Waals surface area contributed by atoms with Crippen molar-refractivity contribution in [3.63, 3.8) is 0 Å². The minimum absolute atomic E-state index is 0.109. The summed E-state index contributed by atoms with van der Waals surface area (Å²) in [5.41, 5.74) is 1.04. The van der Waals surface area contributed by atoms with Gasteiger partial charge in [0.05, 0.1) is 6.54 Å². The van der Waals surface area contributed by atoms with E-state index < -0.39 is 0 Å². The van der Waals surface area contributed by atoms with Gasteiger partial charge in [0.2, 0.25) is 0 Å². The molecule has 1 aromatic carbocycles. The summed E-state index contributed by atoms with van der Waals surface area (Å²) in [6.07, 6.45) is 22.9. The van der Waals surface area contributed by atoms with Crippen molar-refractivity contribution in [1.29, 1.82) is 0 Å². The second-order valence-electron chi connectivity index (χ2n) is 8.98. The van der Waals surface area contributed by atoms with Gasteiger partial charge in [0.1, 0.15) is 6.54 Å². The second-order valence-corrected chi connectivity index (χ2v) is 8.98. The minimum atomic E-state index is -0.109. The van der Waals surface area contributed by atoms with Crippen LogP contribution in [0.4, 0.5) is 0 Å². The zero-order valence-electron chi connectivity index (χ0n) is 19.5. The molecule has 0 atom stereocenters. The van der Waals surface area contributed by atoms with Crippen molar-refractivity contribution in [3.8, 4) is 0 Å². The van der Waals surface area contributed by atoms with Gasteiger partial charge in [0, 0.05) is 5.56 Å². The summed E-state index contributed by atoms with van der Waals surface area (Å²) in [4.78, 5) is 23.2. The summed E-state index contributed by atoms with van der Waals surface area (Å²) in [6.45, 7) is 3.35. The van der Waals surface area contributed by atoms with E-state index in [1.165, 1.54) is 89.9 Å². The van der Waals surface area contributed by atoms with E-state index in [4.69, 9.17) is 0 Å². The molecule has 0 heterocycles. The topological polar surface area (TPSA) is 34.1 Å². The Bertz CT molecular complexity index is 521. The molecule has 0 radical (unpaired) electrons. The van der Waals surface area contributed by atoms with Crippen LogP contribution in [0.2, 0.25) is 0 Å². The predicted octanol–water partition coefficient (Wildman–Crippen LogP) is 7.58. The van der Waals surface area contributed by atoms with Gasteiger partial charge in [-0.25, -0.2) is 9.59 Å². The van der Waals surface area contributed by atoms with Crippen molar-refractivity contribution in [3.05, 3.63) is 35.9 Å². The van der Waals surface area contributed by atoms with Crippen LogP contribution in [0.15, 0.2) is 30.3 Å². The maximum atomic E-state index is 11.6. The largest absolute Gasteiger partial charge is 0.308 e. The average Bonchev–Trinajstić information content (AvgIpc) is 2.78. The van der Waals surface area contributed by atoms with Crippen LogP contribution in [0.5, 0.6) is 0 Å². The third-order valence-electron chi connectivity index (χ3n) is 6.17. The zero-order chi connectivity index (χ0) is 21.8. The average molecular weight is 417 g/mol. The number of imide groups is 1. The van der Waals surface area contributed by atoms with Crippen LogP contribution in [0.3, 0.4) is 0 Å². The van der Waals surface area contributed by atoms with Crippen LogP contribution < -0.4 is 0 Å². The molecule has 0 saturated carbocycles. The molecule has 30 heavy (non-hydrogen) atoms. The molecule has 2 amide bonds. The number of carbonyl (C=O) groups excluding carboxylic acids is 2. The van der Waals surface area contributed by atoms with Crippen LogP contribution in [-0.4, -0.2) is 23.8 Å². The van der Waals surface area contributed by atoms with Gasteiger partial charge in [-0.05, 0) is 12.8 Å². The van der Waals surface area contributed by atoms with E-state index >= 15 is 0 Å². The standard InChI is InChI=1S/C27H46NO2/c1-2-3-4-5-6-7-8-9-10-11-12-13-14-15-16-20-23-28(25-29,26-30)24-27-21-18-17-19-22-27/h17-19,21-22,25-26H,2-16,20,23-24H2,1H3/q+1. The molecule has 0 N–H and O–H groups in total.